The number of hydrogen-bond acceptors (Lipinski definition) is 5. The van der Waals surface area contributed by atoms with Crippen molar-refractivity contribution >= 4 is 33.7 Å². The van der Waals surface area contributed by atoms with Gasteiger partial charge < -0.3 is 25.3 Å². The number of hydrogen-bond donors (Lipinski definition) is 3. The lowest BCUT2D eigenvalue weighted by molar-refractivity contribution is 0.288. The molecule has 3 aromatic carbocycles. The highest BCUT2D eigenvalue weighted by atomic mass is 16.2. The zero-order valence-electron chi connectivity index (χ0n) is 19.6. The number of aliphatic hydroxyl groups excluding tert-OH is 1. The lowest BCUT2D eigenvalue weighted by atomic mass is 10.0. The van der Waals surface area contributed by atoms with Gasteiger partial charge in [0, 0.05) is 25.9 Å². The Labute approximate surface area is 198 Å². The minimum absolute atomic E-state index is 0.197. The van der Waals surface area contributed by atoms with Crippen LogP contribution in [0.4, 0.5) is 11.6 Å². The second-order valence-electron chi connectivity index (χ2n) is 8.86. The Hall–Kier alpha value is -3.84. The summed E-state index contributed by atoms with van der Waals surface area (Å²) in [5, 5.41) is 12.8. The molecule has 0 aliphatic carbocycles. The molecule has 7 heteroatoms. The Kier molecular flexibility index (Phi) is 5.94. The number of para-hydroxylation sites is 1. The molecule has 7 nitrogen and oxygen atoms in total. The fourth-order valence-electron chi connectivity index (χ4n) is 4.53. The quantitative estimate of drug-likeness (QED) is 0.323. The van der Waals surface area contributed by atoms with Gasteiger partial charge in [-0.25, -0.2) is 9.97 Å². The number of anilines is 2. The maximum absolute atomic E-state index is 9.21. The zero-order chi connectivity index (χ0) is 23.7. The van der Waals surface area contributed by atoms with Crippen molar-refractivity contribution in [2.45, 2.75) is 32.9 Å². The predicted octanol–water partition coefficient (Wildman–Crippen LogP) is 4.40. The highest BCUT2D eigenvalue weighted by Crippen LogP contribution is 2.25. The minimum atomic E-state index is 0.197. The molecular weight excluding hydrogens is 424 g/mol. The minimum Gasteiger partial charge on any atom is -0.396 e. The molecule has 0 fully saturated rings. The molecular formula is C27H30N6O. The summed E-state index contributed by atoms with van der Waals surface area (Å²) in [5.74, 6) is 0.498. The van der Waals surface area contributed by atoms with Crippen LogP contribution in [0.5, 0.6) is 0 Å². The van der Waals surface area contributed by atoms with Gasteiger partial charge in [-0.3, -0.25) is 0 Å². The Balaban J connectivity index is 1.39. The van der Waals surface area contributed by atoms with E-state index in [2.05, 4.69) is 76.8 Å². The van der Waals surface area contributed by atoms with E-state index in [-0.39, 0.29) is 6.61 Å². The van der Waals surface area contributed by atoms with E-state index in [1.54, 1.807) is 0 Å². The van der Waals surface area contributed by atoms with Gasteiger partial charge in [0.1, 0.15) is 0 Å². The summed E-state index contributed by atoms with van der Waals surface area (Å²) in [6.07, 6.45) is 3.45. The first-order chi connectivity index (χ1) is 16.5. The molecule has 0 unspecified atom stereocenters. The van der Waals surface area contributed by atoms with Crippen molar-refractivity contribution in [1.82, 2.24) is 19.1 Å². The van der Waals surface area contributed by atoms with Crippen LogP contribution in [0.25, 0.3) is 22.1 Å². The number of aromatic nitrogens is 4. The van der Waals surface area contributed by atoms with Crippen LogP contribution >= 0.6 is 0 Å². The van der Waals surface area contributed by atoms with Gasteiger partial charge in [0.15, 0.2) is 0 Å². The Morgan fingerprint density at radius 3 is 2.76 bits per heavy atom. The fraction of sp³-hybridized carbons (Fsp3) is 0.259. The van der Waals surface area contributed by atoms with Crippen LogP contribution in [0.2, 0.25) is 0 Å². The lowest BCUT2D eigenvalue weighted by Gasteiger charge is -2.13. The van der Waals surface area contributed by atoms with E-state index < -0.39 is 0 Å². The van der Waals surface area contributed by atoms with Crippen LogP contribution in [0.1, 0.15) is 28.7 Å². The number of imidazole rings is 2. The summed E-state index contributed by atoms with van der Waals surface area (Å²) in [7, 11) is 2.00. The molecule has 2 heterocycles. The Morgan fingerprint density at radius 2 is 1.91 bits per heavy atom. The molecule has 0 aliphatic heterocycles. The number of benzene rings is 3. The number of rotatable bonds is 8. The van der Waals surface area contributed by atoms with E-state index in [0.29, 0.717) is 19.0 Å². The van der Waals surface area contributed by atoms with Gasteiger partial charge in [-0.2, -0.15) is 0 Å². The third-order valence-electron chi connectivity index (χ3n) is 6.36. The van der Waals surface area contributed by atoms with Crippen molar-refractivity contribution in [3.05, 3.63) is 83.2 Å². The highest BCUT2D eigenvalue weighted by molar-refractivity contribution is 5.81. The molecule has 5 rings (SSSR count). The van der Waals surface area contributed by atoms with Crippen LogP contribution < -0.4 is 11.1 Å². The molecule has 0 saturated heterocycles. The zero-order valence-corrected chi connectivity index (χ0v) is 19.6. The number of aliphatic hydroxyl groups is 1. The molecule has 5 aromatic rings. The number of nitrogens with two attached hydrogens (primary N) is 1. The number of aryl methyl sites for hydroxylation is 3. The molecule has 0 amide bonds. The molecule has 4 N–H and O–H groups in total. The van der Waals surface area contributed by atoms with Crippen LogP contribution in [0.3, 0.4) is 0 Å². The summed E-state index contributed by atoms with van der Waals surface area (Å²) >= 11 is 0. The van der Waals surface area contributed by atoms with E-state index >= 15 is 0 Å². The number of fused-ring (bicyclic) bond motifs is 2. The first-order valence-corrected chi connectivity index (χ1v) is 11.6. The Morgan fingerprint density at radius 1 is 1.03 bits per heavy atom. The average molecular weight is 455 g/mol. The van der Waals surface area contributed by atoms with Crippen LogP contribution in [-0.4, -0.2) is 30.8 Å². The third kappa shape index (κ3) is 4.22. The fourth-order valence-corrected chi connectivity index (χ4v) is 4.53. The van der Waals surface area contributed by atoms with Crippen molar-refractivity contribution in [1.29, 1.82) is 0 Å². The largest absolute Gasteiger partial charge is 0.396 e. The molecule has 0 saturated carbocycles. The number of nitrogens with one attached hydrogen (secondary N) is 1. The average Bonchev–Trinajstić information content (AvgIpc) is 3.36. The second kappa shape index (κ2) is 9.19. The maximum atomic E-state index is 9.21. The predicted molar refractivity (Wildman–Crippen MR) is 138 cm³/mol. The normalized spacial score (nSPS) is 11.5. The molecule has 0 bridgehead atoms. The summed E-state index contributed by atoms with van der Waals surface area (Å²) in [4.78, 5) is 9.22. The monoisotopic (exact) mass is 454 g/mol. The summed E-state index contributed by atoms with van der Waals surface area (Å²) in [5.41, 5.74) is 16.1. The third-order valence-corrected chi connectivity index (χ3v) is 6.36. The van der Waals surface area contributed by atoms with E-state index in [9.17, 15) is 5.11 Å². The van der Waals surface area contributed by atoms with Gasteiger partial charge in [0.2, 0.25) is 5.95 Å². The molecule has 34 heavy (non-hydrogen) atoms. The van der Waals surface area contributed by atoms with Crippen molar-refractivity contribution < 1.29 is 5.11 Å². The van der Waals surface area contributed by atoms with Gasteiger partial charge in [-0.1, -0.05) is 30.3 Å². The van der Waals surface area contributed by atoms with Gasteiger partial charge >= 0.3 is 0 Å². The molecule has 0 spiro atoms. The first-order valence-electron chi connectivity index (χ1n) is 11.6. The topological polar surface area (TPSA) is 93.9 Å². The van der Waals surface area contributed by atoms with Crippen molar-refractivity contribution in [3.8, 4) is 0 Å². The van der Waals surface area contributed by atoms with E-state index in [1.165, 1.54) is 11.1 Å². The summed E-state index contributed by atoms with van der Waals surface area (Å²) in [6, 6.07) is 19.0. The molecule has 0 aliphatic rings. The van der Waals surface area contributed by atoms with Crippen molar-refractivity contribution in [2.24, 2.45) is 7.05 Å². The Bertz CT molecular complexity index is 1470. The lowest BCUT2D eigenvalue weighted by Crippen LogP contribution is -2.05. The van der Waals surface area contributed by atoms with Crippen LogP contribution in [-0.2, 0) is 26.6 Å². The number of nitrogen functional groups attached to an aromatic ring is 1. The number of nitrogens with zero attached hydrogens (tertiary/aromatic N) is 4. The second-order valence-corrected chi connectivity index (χ2v) is 8.86. The smallest absolute Gasteiger partial charge is 0.201 e. The molecule has 2 aromatic heterocycles. The van der Waals surface area contributed by atoms with Gasteiger partial charge in [-0.15, -0.1) is 0 Å². The van der Waals surface area contributed by atoms with Gasteiger partial charge in [-0.05, 0) is 66.3 Å². The molecule has 174 valence electrons. The maximum Gasteiger partial charge on any atom is 0.201 e. The van der Waals surface area contributed by atoms with E-state index in [0.717, 1.165) is 51.7 Å². The van der Waals surface area contributed by atoms with E-state index in [4.69, 9.17) is 5.73 Å². The van der Waals surface area contributed by atoms with Crippen LogP contribution in [0.15, 0.2) is 60.9 Å². The summed E-state index contributed by atoms with van der Waals surface area (Å²) in [6.45, 7) is 3.59. The first kappa shape index (κ1) is 22.0. The highest BCUT2D eigenvalue weighted by Gasteiger charge is 2.13. The van der Waals surface area contributed by atoms with Gasteiger partial charge in [0.05, 0.1) is 34.9 Å². The molecule has 0 radical (unpaired) electrons. The summed E-state index contributed by atoms with van der Waals surface area (Å²) < 4.78 is 4.07. The van der Waals surface area contributed by atoms with Gasteiger partial charge in [0.25, 0.3) is 0 Å². The van der Waals surface area contributed by atoms with Crippen molar-refractivity contribution in [2.75, 3.05) is 17.7 Å². The van der Waals surface area contributed by atoms with Crippen LogP contribution in [0, 0.1) is 6.92 Å². The molecule has 0 atom stereocenters. The standard InChI is InChI=1S/C27H30N6O/c1-18-8-10-20(6-4-12-34)22(13-18)29-15-19-9-11-24-23(14-19)31-27(28)33(24)16-21-5-3-7-25-26(21)30-17-32(25)2/h3,5,7-11,13-14,17,29,34H,4,6,12,15-16H2,1-2H3,(H2,28,31). The van der Waals surface area contributed by atoms with E-state index in [1.807, 2.05) is 22.5 Å². The SMILES string of the molecule is Cc1ccc(CCCO)c(NCc2ccc3c(c2)nc(N)n3Cc2cccc3c2ncn3C)c1. The van der Waals surface area contributed by atoms with Crippen molar-refractivity contribution in [3.63, 3.8) is 0 Å².